The molecule has 1 aliphatic heterocycles. The van der Waals surface area contributed by atoms with Crippen LogP contribution in [0.1, 0.15) is 25.8 Å². The molecule has 0 radical (unpaired) electrons. The third kappa shape index (κ3) is 7.03. The number of esters is 1. The quantitative estimate of drug-likeness (QED) is 0.340. The van der Waals surface area contributed by atoms with Gasteiger partial charge in [0, 0.05) is 37.3 Å². The van der Waals surface area contributed by atoms with Crippen LogP contribution in [-0.4, -0.2) is 57.8 Å². The van der Waals surface area contributed by atoms with Crippen LogP contribution in [0.25, 0.3) is 0 Å². The van der Waals surface area contributed by atoms with E-state index in [9.17, 15) is 24.5 Å². The molecule has 1 aromatic rings. The van der Waals surface area contributed by atoms with Crippen molar-refractivity contribution in [3.8, 4) is 0 Å². The van der Waals surface area contributed by atoms with Crippen molar-refractivity contribution in [1.82, 2.24) is 4.90 Å². The third-order valence-corrected chi connectivity index (χ3v) is 4.81. The number of carbonyl (C=O) groups is 3. The van der Waals surface area contributed by atoms with E-state index >= 15 is 0 Å². The second kappa shape index (κ2) is 11.1. The van der Waals surface area contributed by atoms with Gasteiger partial charge in [-0.3, -0.25) is 19.8 Å². The normalized spacial score (nSPS) is 16.9. The topological polar surface area (TPSA) is 138 Å². The average Bonchev–Trinajstić information content (AvgIpc) is 3.08. The van der Waals surface area contributed by atoms with E-state index in [1.165, 1.54) is 36.1 Å². The van der Waals surface area contributed by atoms with Crippen molar-refractivity contribution in [2.24, 2.45) is 5.16 Å². The number of carbonyl (C=O) groups excluding carboxylic acids is 3. The molecule has 0 bridgehead atoms. The Bertz CT molecular complexity index is 827. The molecule has 12 heteroatoms. The first-order chi connectivity index (χ1) is 14.3. The first kappa shape index (κ1) is 23.1. The number of non-ortho nitro benzene ring substituents is 1. The van der Waals surface area contributed by atoms with Crippen LogP contribution in [0.4, 0.5) is 10.5 Å². The van der Waals surface area contributed by atoms with E-state index in [2.05, 4.69) is 5.16 Å². The van der Waals surface area contributed by atoms with Gasteiger partial charge in [-0.1, -0.05) is 16.9 Å². The molecular formula is C18H21N3O8S. The van der Waals surface area contributed by atoms with Gasteiger partial charge in [-0.05, 0) is 24.6 Å². The Morgan fingerprint density at radius 2 is 1.97 bits per heavy atom. The van der Waals surface area contributed by atoms with Crippen molar-refractivity contribution in [2.75, 3.05) is 19.8 Å². The van der Waals surface area contributed by atoms with Gasteiger partial charge in [-0.15, -0.1) is 0 Å². The van der Waals surface area contributed by atoms with Gasteiger partial charge in [0.15, 0.2) is 11.0 Å². The summed E-state index contributed by atoms with van der Waals surface area (Å²) in [6.45, 7) is 2.96. The number of thioether (sulfide) groups is 1. The molecule has 1 heterocycles. The molecule has 11 nitrogen and oxygen atoms in total. The Labute approximate surface area is 176 Å². The molecule has 162 valence electrons. The molecular weight excluding hydrogens is 418 g/mol. The maximum Gasteiger partial charge on any atom is 0.415 e. The summed E-state index contributed by atoms with van der Waals surface area (Å²) in [4.78, 5) is 51.6. The zero-order chi connectivity index (χ0) is 22.1. The van der Waals surface area contributed by atoms with Crippen molar-refractivity contribution in [3.05, 3.63) is 39.9 Å². The van der Waals surface area contributed by atoms with E-state index in [-0.39, 0.29) is 48.1 Å². The number of amides is 1. The molecule has 0 saturated carbocycles. The molecule has 1 aromatic carbocycles. The van der Waals surface area contributed by atoms with Crippen molar-refractivity contribution in [3.63, 3.8) is 0 Å². The van der Waals surface area contributed by atoms with Crippen LogP contribution >= 0.6 is 11.8 Å². The number of likely N-dealkylation sites (tertiary alicyclic amines) is 1. The average molecular weight is 439 g/mol. The molecule has 0 unspecified atom stereocenters. The summed E-state index contributed by atoms with van der Waals surface area (Å²) in [5.74, 6) is -0.367. The maximum absolute atomic E-state index is 12.5. The summed E-state index contributed by atoms with van der Waals surface area (Å²) >= 11 is 1.07. The smallest absolute Gasteiger partial charge is 0.415 e. The van der Waals surface area contributed by atoms with Crippen molar-refractivity contribution in [2.45, 2.75) is 32.1 Å². The second-order valence-electron chi connectivity index (χ2n) is 6.11. The van der Waals surface area contributed by atoms with Crippen LogP contribution in [0, 0.1) is 10.1 Å². The Morgan fingerprint density at radius 3 is 2.57 bits per heavy atom. The van der Waals surface area contributed by atoms with Crippen LogP contribution in [0.5, 0.6) is 0 Å². The molecule has 1 atom stereocenters. The molecule has 1 aliphatic rings. The lowest BCUT2D eigenvalue weighted by atomic mass is 10.2. The third-order valence-electron chi connectivity index (χ3n) is 3.83. The number of nitro benzene ring substituents is 1. The lowest BCUT2D eigenvalue weighted by Gasteiger charge is -2.16. The van der Waals surface area contributed by atoms with Gasteiger partial charge in [0.05, 0.1) is 11.5 Å². The Kier molecular flexibility index (Phi) is 8.59. The van der Waals surface area contributed by atoms with Gasteiger partial charge in [-0.25, -0.2) is 9.59 Å². The molecule has 30 heavy (non-hydrogen) atoms. The highest BCUT2D eigenvalue weighted by atomic mass is 32.2. The van der Waals surface area contributed by atoms with Crippen LogP contribution in [-0.2, 0) is 30.5 Å². The molecule has 2 rings (SSSR count). The van der Waals surface area contributed by atoms with Crippen LogP contribution in [0.2, 0.25) is 0 Å². The van der Waals surface area contributed by atoms with Gasteiger partial charge >= 0.3 is 12.1 Å². The minimum atomic E-state index is -0.710. The summed E-state index contributed by atoms with van der Waals surface area (Å²) in [5.41, 5.74) is 0.502. The maximum atomic E-state index is 12.5. The van der Waals surface area contributed by atoms with E-state index in [4.69, 9.17) is 14.3 Å². The fourth-order valence-corrected chi connectivity index (χ4v) is 3.49. The lowest BCUT2D eigenvalue weighted by molar-refractivity contribution is -0.384. The Morgan fingerprint density at radius 1 is 1.27 bits per heavy atom. The number of nitrogens with zero attached hydrogens (tertiary/aromatic N) is 3. The molecule has 1 saturated heterocycles. The highest BCUT2D eigenvalue weighted by Crippen LogP contribution is 2.26. The van der Waals surface area contributed by atoms with Crippen molar-refractivity contribution in [1.29, 1.82) is 0 Å². The fraction of sp³-hybridized carbons (Fsp3) is 0.444. The minimum Gasteiger partial charge on any atom is -0.463 e. The van der Waals surface area contributed by atoms with Crippen molar-refractivity contribution < 1.29 is 33.6 Å². The summed E-state index contributed by atoms with van der Waals surface area (Å²) in [7, 11) is 0. The standard InChI is InChI=1S/C18H21N3O8S/c1-3-27-17(23)11-29-19-16-8-15(30-12(2)22)9-20(16)18(24)28-10-13-4-6-14(7-5-13)21(25)26/h4-7,15H,3,8-11H2,1-2H3/b19-16+/t15-/m0/s1. The fourth-order valence-electron chi connectivity index (χ4n) is 2.57. The number of hydrogen-bond acceptors (Lipinski definition) is 10. The van der Waals surface area contributed by atoms with E-state index < -0.39 is 23.6 Å². The van der Waals surface area contributed by atoms with Gasteiger partial charge < -0.3 is 14.3 Å². The Hall–Kier alpha value is -3.15. The summed E-state index contributed by atoms with van der Waals surface area (Å²) in [6.07, 6.45) is -0.432. The molecule has 0 aliphatic carbocycles. The van der Waals surface area contributed by atoms with E-state index in [0.29, 0.717) is 5.56 Å². The predicted octanol–water partition coefficient (Wildman–Crippen LogP) is 2.48. The van der Waals surface area contributed by atoms with Crippen LogP contribution in [0.15, 0.2) is 29.4 Å². The number of benzene rings is 1. The van der Waals surface area contributed by atoms with E-state index in [0.717, 1.165) is 11.8 Å². The molecule has 0 N–H and O–H groups in total. The van der Waals surface area contributed by atoms with Gasteiger partial charge in [-0.2, -0.15) is 0 Å². The van der Waals surface area contributed by atoms with Crippen molar-refractivity contribution >= 4 is 40.5 Å². The largest absolute Gasteiger partial charge is 0.463 e. The van der Waals surface area contributed by atoms with E-state index in [1.807, 2.05) is 0 Å². The highest BCUT2D eigenvalue weighted by Gasteiger charge is 2.35. The number of rotatable bonds is 8. The monoisotopic (exact) mass is 439 g/mol. The number of ether oxygens (including phenoxy) is 2. The molecule has 1 amide bonds. The van der Waals surface area contributed by atoms with Gasteiger partial charge in [0.2, 0.25) is 6.61 Å². The van der Waals surface area contributed by atoms with Gasteiger partial charge in [0.1, 0.15) is 6.61 Å². The predicted molar refractivity (Wildman–Crippen MR) is 107 cm³/mol. The lowest BCUT2D eigenvalue weighted by Crippen LogP contribution is -2.33. The molecule has 0 aromatic heterocycles. The number of nitro groups is 1. The first-order valence-corrected chi connectivity index (χ1v) is 9.87. The van der Waals surface area contributed by atoms with E-state index in [1.54, 1.807) is 6.92 Å². The zero-order valence-electron chi connectivity index (χ0n) is 16.4. The van der Waals surface area contributed by atoms with Crippen LogP contribution < -0.4 is 0 Å². The molecule has 0 spiro atoms. The zero-order valence-corrected chi connectivity index (χ0v) is 17.3. The first-order valence-electron chi connectivity index (χ1n) is 8.99. The number of oxime groups is 1. The molecule has 1 fully saturated rings. The van der Waals surface area contributed by atoms with Gasteiger partial charge in [0.25, 0.3) is 5.69 Å². The minimum absolute atomic E-state index is 0.0677. The number of amidine groups is 1. The summed E-state index contributed by atoms with van der Waals surface area (Å²) < 4.78 is 9.99. The number of hydrogen-bond donors (Lipinski definition) is 0. The Balaban J connectivity index is 1.99. The summed E-state index contributed by atoms with van der Waals surface area (Å²) in [6, 6.07) is 5.60. The van der Waals surface area contributed by atoms with Crippen LogP contribution in [0.3, 0.4) is 0 Å². The highest BCUT2D eigenvalue weighted by molar-refractivity contribution is 8.14. The SMILES string of the molecule is CCOC(=O)CO/N=C1\C[C@H](SC(C)=O)CN1C(=O)OCc1ccc([N+](=O)[O-])cc1. The summed E-state index contributed by atoms with van der Waals surface area (Å²) in [5, 5.41) is 14.2. The second-order valence-corrected chi connectivity index (χ2v) is 7.59.